The molecule has 3 N–H and O–H groups in total. The van der Waals surface area contributed by atoms with Crippen molar-refractivity contribution in [2.75, 3.05) is 20.1 Å². The van der Waals surface area contributed by atoms with E-state index in [0.29, 0.717) is 6.54 Å². The van der Waals surface area contributed by atoms with E-state index in [4.69, 9.17) is 5.73 Å². The van der Waals surface area contributed by atoms with Gasteiger partial charge in [-0.25, -0.2) is 4.98 Å². The van der Waals surface area contributed by atoms with Gasteiger partial charge in [-0.05, 0) is 6.92 Å². The van der Waals surface area contributed by atoms with Gasteiger partial charge in [-0.15, -0.1) is 11.3 Å². The van der Waals surface area contributed by atoms with E-state index in [0.717, 1.165) is 10.7 Å². The molecule has 2 amide bonds. The Morgan fingerprint density at radius 3 is 2.82 bits per heavy atom. The summed E-state index contributed by atoms with van der Waals surface area (Å²) in [5.74, 6) is -0.506. The quantitative estimate of drug-likeness (QED) is 0.742. The molecule has 0 fully saturated rings. The van der Waals surface area contributed by atoms with Crippen LogP contribution in [0.5, 0.6) is 0 Å². The van der Waals surface area contributed by atoms with Crippen molar-refractivity contribution in [1.82, 2.24) is 15.2 Å². The van der Waals surface area contributed by atoms with E-state index >= 15 is 0 Å². The molecule has 0 aliphatic rings. The standard InChI is InChI=1S/C10H16N4O2S/c1-7-13-8(6-17-7)5-14(2)10(16)4-12-9(15)3-11/h6H,3-5,11H2,1-2H3,(H,12,15). The van der Waals surface area contributed by atoms with E-state index in [1.165, 1.54) is 4.90 Å². The molecular weight excluding hydrogens is 240 g/mol. The Bertz CT molecular complexity index is 405. The van der Waals surface area contributed by atoms with Crippen LogP contribution < -0.4 is 11.1 Å². The summed E-state index contributed by atoms with van der Waals surface area (Å²) in [6.45, 7) is 2.22. The first-order valence-corrected chi connectivity index (χ1v) is 6.02. The molecule has 6 nitrogen and oxygen atoms in total. The molecule has 0 spiro atoms. The van der Waals surface area contributed by atoms with Crippen molar-refractivity contribution in [3.05, 3.63) is 16.1 Å². The van der Waals surface area contributed by atoms with Crippen molar-refractivity contribution in [1.29, 1.82) is 0 Å². The third kappa shape index (κ3) is 4.49. The van der Waals surface area contributed by atoms with Gasteiger partial charge in [0.25, 0.3) is 0 Å². The summed E-state index contributed by atoms with van der Waals surface area (Å²) < 4.78 is 0. The summed E-state index contributed by atoms with van der Waals surface area (Å²) in [6.07, 6.45) is 0. The Labute approximate surface area is 104 Å². The van der Waals surface area contributed by atoms with Crippen LogP contribution in [0.2, 0.25) is 0 Å². The number of rotatable bonds is 5. The van der Waals surface area contributed by atoms with Crippen LogP contribution >= 0.6 is 11.3 Å². The van der Waals surface area contributed by atoms with Gasteiger partial charge >= 0.3 is 0 Å². The second-order valence-electron chi connectivity index (χ2n) is 3.59. The number of carbonyl (C=O) groups is 2. The smallest absolute Gasteiger partial charge is 0.242 e. The van der Waals surface area contributed by atoms with Gasteiger partial charge in [0.15, 0.2) is 0 Å². The number of hydrogen-bond acceptors (Lipinski definition) is 5. The van der Waals surface area contributed by atoms with Crippen molar-refractivity contribution in [3.8, 4) is 0 Å². The first-order chi connectivity index (χ1) is 8.02. The Morgan fingerprint density at radius 2 is 2.29 bits per heavy atom. The zero-order valence-electron chi connectivity index (χ0n) is 9.90. The van der Waals surface area contributed by atoms with Crippen molar-refractivity contribution in [3.63, 3.8) is 0 Å². The molecule has 0 aliphatic heterocycles. The fourth-order valence-corrected chi connectivity index (χ4v) is 1.80. The molecule has 0 atom stereocenters. The molecule has 0 aromatic carbocycles. The molecular formula is C10H16N4O2S. The van der Waals surface area contributed by atoms with Gasteiger partial charge in [0.2, 0.25) is 11.8 Å². The number of carbonyl (C=O) groups excluding carboxylic acids is 2. The minimum absolute atomic E-state index is 0.0321. The van der Waals surface area contributed by atoms with E-state index in [1.807, 2.05) is 12.3 Å². The summed E-state index contributed by atoms with van der Waals surface area (Å²) in [5, 5.41) is 5.32. The highest BCUT2D eigenvalue weighted by Gasteiger charge is 2.11. The lowest BCUT2D eigenvalue weighted by Crippen LogP contribution is -2.40. The number of aromatic nitrogens is 1. The van der Waals surface area contributed by atoms with Gasteiger partial charge in [0.05, 0.1) is 30.3 Å². The number of nitrogens with zero attached hydrogens (tertiary/aromatic N) is 2. The third-order valence-electron chi connectivity index (χ3n) is 2.11. The number of thiazole rings is 1. The van der Waals surface area contributed by atoms with Crippen LogP contribution in [0.25, 0.3) is 0 Å². The number of nitrogens with two attached hydrogens (primary N) is 1. The minimum atomic E-state index is -0.337. The number of nitrogens with one attached hydrogen (secondary N) is 1. The van der Waals surface area contributed by atoms with E-state index < -0.39 is 0 Å². The zero-order valence-corrected chi connectivity index (χ0v) is 10.7. The predicted octanol–water partition coefficient (Wildman–Crippen LogP) is -0.515. The second-order valence-corrected chi connectivity index (χ2v) is 4.65. The molecule has 0 aliphatic carbocycles. The maximum absolute atomic E-state index is 11.6. The molecule has 0 saturated heterocycles. The second kappa shape index (κ2) is 6.31. The minimum Gasteiger partial charge on any atom is -0.346 e. The number of likely N-dealkylation sites (N-methyl/N-ethyl adjacent to an activating group) is 1. The van der Waals surface area contributed by atoms with Crippen LogP contribution in [0.1, 0.15) is 10.7 Å². The molecule has 1 aromatic heterocycles. The van der Waals surface area contributed by atoms with Gasteiger partial charge in [-0.1, -0.05) is 0 Å². The average Bonchev–Trinajstić information content (AvgIpc) is 2.70. The van der Waals surface area contributed by atoms with E-state index in [2.05, 4.69) is 10.3 Å². The van der Waals surface area contributed by atoms with Crippen molar-refractivity contribution in [2.24, 2.45) is 5.73 Å². The van der Waals surface area contributed by atoms with Crippen LogP contribution in [0.4, 0.5) is 0 Å². The Hall–Kier alpha value is -1.47. The van der Waals surface area contributed by atoms with E-state index in [-0.39, 0.29) is 24.9 Å². The van der Waals surface area contributed by atoms with Crippen LogP contribution in [0.3, 0.4) is 0 Å². The normalized spacial score (nSPS) is 10.1. The van der Waals surface area contributed by atoms with Gasteiger partial charge in [0, 0.05) is 12.4 Å². The highest BCUT2D eigenvalue weighted by atomic mass is 32.1. The Morgan fingerprint density at radius 1 is 1.59 bits per heavy atom. The molecule has 17 heavy (non-hydrogen) atoms. The molecule has 0 unspecified atom stereocenters. The fraction of sp³-hybridized carbons (Fsp3) is 0.500. The Kier molecular flexibility index (Phi) is 5.05. The first kappa shape index (κ1) is 13.6. The molecule has 7 heteroatoms. The Balaban J connectivity index is 2.39. The molecule has 94 valence electrons. The predicted molar refractivity (Wildman–Crippen MR) is 65.4 cm³/mol. The van der Waals surface area contributed by atoms with Crippen molar-refractivity contribution >= 4 is 23.2 Å². The van der Waals surface area contributed by atoms with Gasteiger partial charge < -0.3 is 16.0 Å². The SMILES string of the molecule is Cc1nc(CN(C)C(=O)CNC(=O)CN)cs1. The van der Waals surface area contributed by atoms with Gasteiger partial charge in [-0.3, -0.25) is 9.59 Å². The van der Waals surface area contributed by atoms with Crippen LogP contribution in [0, 0.1) is 6.92 Å². The average molecular weight is 256 g/mol. The highest BCUT2D eigenvalue weighted by Crippen LogP contribution is 2.09. The molecule has 0 bridgehead atoms. The van der Waals surface area contributed by atoms with E-state index in [9.17, 15) is 9.59 Å². The maximum atomic E-state index is 11.6. The lowest BCUT2D eigenvalue weighted by Gasteiger charge is -2.16. The first-order valence-electron chi connectivity index (χ1n) is 5.14. The molecule has 0 saturated carbocycles. The third-order valence-corrected chi connectivity index (χ3v) is 2.94. The molecule has 1 heterocycles. The number of hydrogen-bond donors (Lipinski definition) is 2. The van der Waals surface area contributed by atoms with Crippen molar-refractivity contribution in [2.45, 2.75) is 13.5 Å². The molecule has 1 rings (SSSR count). The lowest BCUT2D eigenvalue weighted by molar-refractivity contribution is -0.132. The summed E-state index contributed by atoms with van der Waals surface area (Å²) in [4.78, 5) is 28.3. The lowest BCUT2D eigenvalue weighted by atomic mass is 10.4. The largest absolute Gasteiger partial charge is 0.346 e. The van der Waals surface area contributed by atoms with Crippen LogP contribution in [-0.2, 0) is 16.1 Å². The van der Waals surface area contributed by atoms with Gasteiger partial charge in [-0.2, -0.15) is 0 Å². The van der Waals surface area contributed by atoms with E-state index in [1.54, 1.807) is 18.4 Å². The maximum Gasteiger partial charge on any atom is 0.242 e. The van der Waals surface area contributed by atoms with Gasteiger partial charge in [0.1, 0.15) is 0 Å². The van der Waals surface area contributed by atoms with Crippen molar-refractivity contribution < 1.29 is 9.59 Å². The summed E-state index contributed by atoms with van der Waals surface area (Å²) in [6, 6.07) is 0. The number of amides is 2. The highest BCUT2D eigenvalue weighted by molar-refractivity contribution is 7.09. The topological polar surface area (TPSA) is 88.3 Å². The summed E-state index contributed by atoms with van der Waals surface area (Å²) in [7, 11) is 1.67. The summed E-state index contributed by atoms with van der Waals surface area (Å²) >= 11 is 1.54. The number of aryl methyl sites for hydroxylation is 1. The molecule has 1 aromatic rings. The fourth-order valence-electron chi connectivity index (χ4n) is 1.19. The zero-order chi connectivity index (χ0) is 12.8. The van der Waals surface area contributed by atoms with Crippen LogP contribution in [-0.4, -0.2) is 41.8 Å². The molecule has 0 radical (unpaired) electrons. The summed E-state index contributed by atoms with van der Waals surface area (Å²) in [5.41, 5.74) is 5.97. The monoisotopic (exact) mass is 256 g/mol. The van der Waals surface area contributed by atoms with Crippen LogP contribution in [0.15, 0.2) is 5.38 Å².